The minimum absolute atomic E-state index is 0.221. The molecule has 0 aliphatic heterocycles. The van der Waals surface area contributed by atoms with Crippen molar-refractivity contribution in [2.75, 3.05) is 5.32 Å². The normalized spacial score (nSPS) is 11.1. The van der Waals surface area contributed by atoms with Crippen LogP contribution in [0.1, 0.15) is 11.1 Å². The number of hydrogen-bond donors (Lipinski definition) is 1. The fourth-order valence-electron chi connectivity index (χ4n) is 3.61. The quantitative estimate of drug-likeness (QED) is 0.410. The highest BCUT2D eigenvalue weighted by molar-refractivity contribution is 6.31. The van der Waals surface area contributed by atoms with Gasteiger partial charge in [-0.05, 0) is 49.7 Å². The number of pyridine rings is 1. The maximum absolute atomic E-state index is 12.9. The maximum atomic E-state index is 12.9. The minimum atomic E-state index is -0.465. The van der Waals surface area contributed by atoms with Crippen molar-refractivity contribution < 1.29 is 9.32 Å². The van der Waals surface area contributed by atoms with E-state index in [0.29, 0.717) is 27.7 Å². The molecule has 1 N–H and O–H groups in total. The summed E-state index contributed by atoms with van der Waals surface area (Å²) < 4.78 is 7.90. The van der Waals surface area contributed by atoms with Gasteiger partial charge in [-0.3, -0.25) is 4.79 Å². The van der Waals surface area contributed by atoms with Gasteiger partial charge in [0.15, 0.2) is 5.65 Å². The molecule has 2 aromatic carbocycles. The molecule has 0 unspecified atom stereocenters. The first-order valence-electron chi connectivity index (χ1n) is 10.4. The summed E-state index contributed by atoms with van der Waals surface area (Å²) in [6.45, 7) is 3.51. The Labute approximate surface area is 198 Å². The van der Waals surface area contributed by atoms with E-state index in [1.54, 1.807) is 43.5 Å². The summed E-state index contributed by atoms with van der Waals surface area (Å²) >= 11 is 6.12. The predicted molar refractivity (Wildman–Crippen MR) is 128 cm³/mol. The van der Waals surface area contributed by atoms with Gasteiger partial charge in [0.25, 0.3) is 5.89 Å². The van der Waals surface area contributed by atoms with Gasteiger partial charge in [-0.15, -0.1) is 5.10 Å². The van der Waals surface area contributed by atoms with Gasteiger partial charge in [0.05, 0.1) is 5.56 Å². The number of halogens is 1. The van der Waals surface area contributed by atoms with Crippen LogP contribution < -0.4 is 11.0 Å². The molecule has 0 aliphatic rings. The molecule has 0 saturated carbocycles. The van der Waals surface area contributed by atoms with Crippen molar-refractivity contribution in [1.82, 2.24) is 24.3 Å². The zero-order valence-electron chi connectivity index (χ0n) is 18.3. The largest absolute Gasteiger partial charge is 0.350 e. The molecule has 0 bridgehead atoms. The van der Waals surface area contributed by atoms with Gasteiger partial charge >= 0.3 is 5.69 Å². The van der Waals surface area contributed by atoms with Gasteiger partial charge in [-0.2, -0.15) is 4.98 Å². The van der Waals surface area contributed by atoms with E-state index in [2.05, 4.69) is 20.6 Å². The van der Waals surface area contributed by atoms with E-state index in [0.717, 1.165) is 21.4 Å². The van der Waals surface area contributed by atoms with E-state index in [1.165, 1.54) is 4.40 Å². The third kappa shape index (κ3) is 3.97. The van der Waals surface area contributed by atoms with Crippen molar-refractivity contribution >= 4 is 28.8 Å². The SMILES string of the molecule is Cc1cccc(-c2noc(-c3cccn4c(=O)n(CC(=O)Nc5cccc(Cl)c5C)nc34)n2)c1. The van der Waals surface area contributed by atoms with Crippen molar-refractivity contribution in [3.8, 4) is 22.8 Å². The number of carbonyl (C=O) groups is 1. The second-order valence-electron chi connectivity index (χ2n) is 7.81. The van der Waals surface area contributed by atoms with Crippen LogP contribution in [0, 0.1) is 13.8 Å². The highest BCUT2D eigenvalue weighted by atomic mass is 35.5. The first-order chi connectivity index (χ1) is 16.4. The zero-order valence-corrected chi connectivity index (χ0v) is 19.1. The zero-order chi connectivity index (χ0) is 23.8. The molecule has 9 nitrogen and oxygen atoms in total. The standard InChI is InChI=1S/C24H19ClN6O3/c1-14-6-3-7-16(12-14)21-27-23(34-29-21)17-8-5-11-30-22(17)28-31(24(30)33)13-20(32)26-19-10-4-9-18(25)15(19)2/h3-12H,13H2,1-2H3,(H,26,32). The molecule has 1 amide bonds. The molecule has 5 aromatic rings. The van der Waals surface area contributed by atoms with E-state index in [9.17, 15) is 9.59 Å². The predicted octanol–water partition coefficient (Wildman–Crippen LogP) is 4.12. The van der Waals surface area contributed by atoms with Crippen molar-refractivity contribution in [2.45, 2.75) is 20.4 Å². The Morgan fingerprint density at radius 3 is 2.76 bits per heavy atom. The maximum Gasteiger partial charge on any atom is 0.350 e. The minimum Gasteiger partial charge on any atom is -0.333 e. The molecule has 5 rings (SSSR count). The van der Waals surface area contributed by atoms with E-state index in [-0.39, 0.29) is 12.4 Å². The number of aromatic nitrogens is 5. The van der Waals surface area contributed by atoms with Crippen LogP contribution in [-0.4, -0.2) is 30.2 Å². The Morgan fingerprint density at radius 2 is 1.94 bits per heavy atom. The lowest BCUT2D eigenvalue weighted by Gasteiger charge is -2.09. The number of benzene rings is 2. The van der Waals surface area contributed by atoms with Crippen LogP contribution in [0.4, 0.5) is 5.69 Å². The van der Waals surface area contributed by atoms with Crippen molar-refractivity contribution in [1.29, 1.82) is 0 Å². The second kappa shape index (κ2) is 8.60. The van der Waals surface area contributed by atoms with Crippen molar-refractivity contribution in [3.63, 3.8) is 0 Å². The van der Waals surface area contributed by atoms with Crippen molar-refractivity contribution in [3.05, 3.63) is 87.4 Å². The van der Waals surface area contributed by atoms with E-state index >= 15 is 0 Å². The highest BCUT2D eigenvalue weighted by Gasteiger charge is 2.19. The average molecular weight is 475 g/mol. The number of rotatable bonds is 5. The summed E-state index contributed by atoms with van der Waals surface area (Å²) in [5.41, 5.74) is 3.52. The topological polar surface area (TPSA) is 107 Å². The summed E-state index contributed by atoms with van der Waals surface area (Å²) in [4.78, 5) is 30.0. The monoisotopic (exact) mass is 474 g/mol. The Kier molecular flexibility index (Phi) is 5.46. The fourth-order valence-corrected chi connectivity index (χ4v) is 3.79. The van der Waals surface area contributed by atoms with Crippen LogP contribution in [-0.2, 0) is 11.3 Å². The van der Waals surface area contributed by atoms with Gasteiger partial charge in [0, 0.05) is 22.5 Å². The first-order valence-corrected chi connectivity index (χ1v) is 10.8. The van der Waals surface area contributed by atoms with E-state index < -0.39 is 11.6 Å². The van der Waals surface area contributed by atoms with Gasteiger partial charge in [0.1, 0.15) is 6.54 Å². The molecule has 34 heavy (non-hydrogen) atoms. The molecule has 10 heteroatoms. The fraction of sp³-hybridized carbons (Fsp3) is 0.125. The Balaban J connectivity index is 1.46. The first kappa shape index (κ1) is 21.6. The molecule has 3 heterocycles. The molecule has 0 aliphatic carbocycles. The van der Waals surface area contributed by atoms with Crippen LogP contribution in [0.5, 0.6) is 0 Å². The number of amides is 1. The third-order valence-electron chi connectivity index (χ3n) is 5.38. The molecule has 0 fully saturated rings. The summed E-state index contributed by atoms with van der Waals surface area (Å²) in [6.07, 6.45) is 1.57. The van der Waals surface area contributed by atoms with Crippen LogP contribution in [0.3, 0.4) is 0 Å². The van der Waals surface area contributed by atoms with Crippen LogP contribution in [0.25, 0.3) is 28.5 Å². The molecule has 0 atom stereocenters. The number of aryl methyl sites for hydroxylation is 1. The highest BCUT2D eigenvalue weighted by Crippen LogP contribution is 2.25. The smallest absolute Gasteiger partial charge is 0.333 e. The van der Waals surface area contributed by atoms with E-state index in [4.69, 9.17) is 16.1 Å². The van der Waals surface area contributed by atoms with Crippen molar-refractivity contribution in [2.24, 2.45) is 0 Å². The number of nitrogens with zero attached hydrogens (tertiary/aromatic N) is 5. The molecular formula is C24H19ClN6O3. The molecule has 0 spiro atoms. The van der Waals surface area contributed by atoms with Crippen LogP contribution in [0.2, 0.25) is 5.02 Å². The van der Waals surface area contributed by atoms with Gasteiger partial charge in [-0.1, -0.05) is 46.6 Å². The Bertz CT molecular complexity index is 1600. The molecule has 170 valence electrons. The number of anilines is 1. The molecular weight excluding hydrogens is 456 g/mol. The number of hydrogen-bond acceptors (Lipinski definition) is 6. The summed E-state index contributed by atoms with van der Waals surface area (Å²) in [7, 11) is 0. The number of carbonyl (C=O) groups excluding carboxylic acids is 1. The lowest BCUT2D eigenvalue weighted by molar-refractivity contribution is -0.117. The second-order valence-corrected chi connectivity index (χ2v) is 8.22. The average Bonchev–Trinajstić information content (AvgIpc) is 3.42. The van der Waals surface area contributed by atoms with Gasteiger partial charge < -0.3 is 9.84 Å². The third-order valence-corrected chi connectivity index (χ3v) is 5.79. The van der Waals surface area contributed by atoms with E-state index in [1.807, 2.05) is 31.2 Å². The lowest BCUT2D eigenvalue weighted by Crippen LogP contribution is -2.28. The molecule has 0 saturated heterocycles. The molecule has 3 aromatic heterocycles. The summed E-state index contributed by atoms with van der Waals surface area (Å²) in [6, 6.07) is 16.4. The number of nitrogens with one attached hydrogen (secondary N) is 1. The van der Waals surface area contributed by atoms with Crippen LogP contribution in [0.15, 0.2) is 70.1 Å². The Hall–Kier alpha value is -4.24. The summed E-state index contributed by atoms with van der Waals surface area (Å²) in [5.74, 6) is 0.244. The summed E-state index contributed by atoms with van der Waals surface area (Å²) in [5, 5.41) is 11.7. The lowest BCUT2D eigenvalue weighted by atomic mass is 10.1. The molecule has 0 radical (unpaired) electrons. The number of fused-ring (bicyclic) bond motifs is 1. The van der Waals surface area contributed by atoms with Gasteiger partial charge in [0.2, 0.25) is 11.7 Å². The van der Waals surface area contributed by atoms with Crippen LogP contribution >= 0.6 is 11.6 Å². The van der Waals surface area contributed by atoms with Gasteiger partial charge in [-0.25, -0.2) is 13.9 Å². The Morgan fingerprint density at radius 1 is 1.12 bits per heavy atom.